The second kappa shape index (κ2) is 3.84. The highest BCUT2D eigenvalue weighted by atomic mass is 16.3. The Morgan fingerprint density at radius 3 is 2.71 bits per heavy atom. The lowest BCUT2D eigenvalue weighted by molar-refractivity contribution is 0.0365. The third kappa shape index (κ3) is 2.88. The number of H-pyrrole nitrogens is 1. The number of nitrogens with zero attached hydrogens (tertiary/aromatic N) is 1. The Labute approximate surface area is 83.5 Å². The molecule has 4 heteroatoms. The van der Waals surface area contributed by atoms with Crippen molar-refractivity contribution < 1.29 is 9.90 Å². The van der Waals surface area contributed by atoms with Crippen LogP contribution in [0.5, 0.6) is 0 Å². The van der Waals surface area contributed by atoms with Crippen LogP contribution in [0.25, 0.3) is 0 Å². The van der Waals surface area contributed by atoms with Gasteiger partial charge in [0.2, 0.25) is 0 Å². The van der Waals surface area contributed by atoms with Crippen LogP contribution >= 0.6 is 0 Å². The lowest BCUT2D eigenvalue weighted by atomic mass is 10.1. The van der Waals surface area contributed by atoms with E-state index < -0.39 is 5.60 Å². The topological polar surface area (TPSA) is 56.3 Å². The van der Waals surface area contributed by atoms with Crippen LogP contribution in [0, 0.1) is 0 Å². The van der Waals surface area contributed by atoms with Gasteiger partial charge in [-0.1, -0.05) is 0 Å². The first kappa shape index (κ1) is 10.8. The molecule has 2 N–H and O–H groups in total. The van der Waals surface area contributed by atoms with Crippen LogP contribution in [0.15, 0.2) is 18.3 Å². The van der Waals surface area contributed by atoms with Gasteiger partial charge in [0, 0.05) is 19.8 Å². The summed E-state index contributed by atoms with van der Waals surface area (Å²) in [6, 6.07) is 3.48. The molecule has 0 radical (unpaired) electrons. The van der Waals surface area contributed by atoms with Gasteiger partial charge in [-0.25, -0.2) is 0 Å². The summed E-state index contributed by atoms with van der Waals surface area (Å²) in [6.45, 7) is 3.65. The van der Waals surface area contributed by atoms with Crippen molar-refractivity contribution >= 4 is 5.91 Å². The number of rotatable bonds is 3. The Balaban J connectivity index is 2.63. The summed E-state index contributed by atoms with van der Waals surface area (Å²) in [5.74, 6) is -0.114. The van der Waals surface area contributed by atoms with E-state index in [2.05, 4.69) is 4.98 Å². The molecule has 1 amide bonds. The molecule has 1 heterocycles. The van der Waals surface area contributed by atoms with E-state index in [1.54, 1.807) is 39.2 Å². The van der Waals surface area contributed by atoms with E-state index >= 15 is 0 Å². The minimum absolute atomic E-state index is 0.114. The highest BCUT2D eigenvalue weighted by Crippen LogP contribution is 2.06. The Morgan fingerprint density at radius 1 is 1.64 bits per heavy atom. The second-order valence-electron chi connectivity index (χ2n) is 4.06. The summed E-state index contributed by atoms with van der Waals surface area (Å²) >= 11 is 0. The minimum Gasteiger partial charge on any atom is -0.389 e. The summed E-state index contributed by atoms with van der Waals surface area (Å²) in [6.07, 6.45) is 1.70. The molecule has 1 aromatic rings. The van der Waals surface area contributed by atoms with Gasteiger partial charge in [-0.15, -0.1) is 0 Å². The SMILES string of the molecule is CN(CC(C)(C)O)C(=O)c1ccc[nH]1. The molecule has 0 aliphatic heterocycles. The van der Waals surface area contributed by atoms with Gasteiger partial charge in [0.15, 0.2) is 0 Å². The molecule has 0 aliphatic carbocycles. The molecule has 0 fully saturated rings. The first-order valence-electron chi connectivity index (χ1n) is 4.51. The normalized spacial score (nSPS) is 11.4. The highest BCUT2D eigenvalue weighted by molar-refractivity contribution is 5.92. The smallest absolute Gasteiger partial charge is 0.270 e. The van der Waals surface area contributed by atoms with Crippen LogP contribution in [0.3, 0.4) is 0 Å². The first-order chi connectivity index (χ1) is 6.40. The molecule has 78 valence electrons. The standard InChI is InChI=1S/C10H16N2O2/c1-10(2,14)7-12(3)9(13)8-5-4-6-11-8/h4-6,11,14H,7H2,1-3H3. The number of aromatic nitrogens is 1. The van der Waals surface area contributed by atoms with Crippen molar-refractivity contribution in [2.75, 3.05) is 13.6 Å². The van der Waals surface area contributed by atoms with Crippen molar-refractivity contribution in [1.29, 1.82) is 0 Å². The second-order valence-corrected chi connectivity index (χ2v) is 4.06. The summed E-state index contributed by atoms with van der Waals surface area (Å²) < 4.78 is 0. The van der Waals surface area contributed by atoms with Crippen molar-refractivity contribution in [1.82, 2.24) is 9.88 Å². The fourth-order valence-corrected chi connectivity index (χ4v) is 1.32. The monoisotopic (exact) mass is 196 g/mol. The van der Waals surface area contributed by atoms with E-state index in [9.17, 15) is 9.90 Å². The molecule has 14 heavy (non-hydrogen) atoms. The lowest BCUT2D eigenvalue weighted by Gasteiger charge is -2.25. The van der Waals surface area contributed by atoms with Gasteiger partial charge in [-0.05, 0) is 26.0 Å². The molecule has 1 aromatic heterocycles. The number of aromatic amines is 1. The minimum atomic E-state index is -0.864. The quantitative estimate of drug-likeness (QED) is 0.753. The molecule has 0 spiro atoms. The Hall–Kier alpha value is -1.29. The Kier molecular flexibility index (Phi) is 2.96. The van der Waals surface area contributed by atoms with Crippen LogP contribution in [-0.2, 0) is 0 Å². The zero-order chi connectivity index (χ0) is 10.8. The average Bonchev–Trinajstić information content (AvgIpc) is 2.51. The van der Waals surface area contributed by atoms with Crippen LogP contribution in [0.2, 0.25) is 0 Å². The van der Waals surface area contributed by atoms with Gasteiger partial charge >= 0.3 is 0 Å². The maximum absolute atomic E-state index is 11.7. The van der Waals surface area contributed by atoms with Crippen molar-refractivity contribution in [3.8, 4) is 0 Å². The van der Waals surface area contributed by atoms with Crippen molar-refractivity contribution in [2.24, 2.45) is 0 Å². The number of carbonyl (C=O) groups is 1. The average molecular weight is 196 g/mol. The number of aliphatic hydroxyl groups is 1. The van der Waals surface area contributed by atoms with E-state index in [1.807, 2.05) is 0 Å². The number of hydrogen-bond donors (Lipinski definition) is 2. The molecule has 0 aromatic carbocycles. The van der Waals surface area contributed by atoms with Gasteiger partial charge in [0.05, 0.1) is 5.60 Å². The van der Waals surface area contributed by atoms with Gasteiger partial charge in [-0.2, -0.15) is 0 Å². The fourth-order valence-electron chi connectivity index (χ4n) is 1.32. The van der Waals surface area contributed by atoms with Crippen LogP contribution in [-0.4, -0.2) is 40.1 Å². The lowest BCUT2D eigenvalue weighted by Crippen LogP contribution is -2.39. The molecule has 1 rings (SSSR count). The maximum atomic E-state index is 11.7. The molecule has 0 unspecified atom stereocenters. The zero-order valence-electron chi connectivity index (χ0n) is 8.74. The van der Waals surface area contributed by atoms with Crippen molar-refractivity contribution in [2.45, 2.75) is 19.4 Å². The number of hydrogen-bond acceptors (Lipinski definition) is 2. The van der Waals surface area contributed by atoms with E-state index in [0.29, 0.717) is 12.2 Å². The van der Waals surface area contributed by atoms with Crippen molar-refractivity contribution in [3.05, 3.63) is 24.0 Å². The van der Waals surface area contributed by atoms with Crippen molar-refractivity contribution in [3.63, 3.8) is 0 Å². The zero-order valence-corrected chi connectivity index (χ0v) is 8.74. The third-order valence-corrected chi connectivity index (χ3v) is 1.80. The first-order valence-corrected chi connectivity index (χ1v) is 4.51. The van der Waals surface area contributed by atoms with Gasteiger partial charge in [-0.3, -0.25) is 4.79 Å². The molecule has 0 saturated carbocycles. The largest absolute Gasteiger partial charge is 0.389 e. The van der Waals surface area contributed by atoms with Crippen LogP contribution in [0.4, 0.5) is 0 Å². The van der Waals surface area contributed by atoms with E-state index in [1.165, 1.54) is 4.90 Å². The Bertz CT molecular complexity index is 298. The molecule has 0 saturated heterocycles. The molecular formula is C10H16N2O2. The number of carbonyl (C=O) groups excluding carboxylic acids is 1. The summed E-state index contributed by atoms with van der Waals surface area (Å²) in [7, 11) is 1.67. The van der Waals surface area contributed by atoms with Gasteiger partial charge in [0.25, 0.3) is 5.91 Å². The molecular weight excluding hydrogens is 180 g/mol. The molecule has 0 atom stereocenters. The fraction of sp³-hybridized carbons (Fsp3) is 0.500. The van der Waals surface area contributed by atoms with Gasteiger partial charge in [0.1, 0.15) is 5.69 Å². The molecule has 0 aliphatic rings. The highest BCUT2D eigenvalue weighted by Gasteiger charge is 2.20. The Morgan fingerprint density at radius 2 is 2.29 bits per heavy atom. The summed E-state index contributed by atoms with van der Waals surface area (Å²) in [4.78, 5) is 16.0. The number of nitrogens with one attached hydrogen (secondary N) is 1. The summed E-state index contributed by atoms with van der Waals surface area (Å²) in [5.41, 5.74) is -0.325. The van der Waals surface area contributed by atoms with Crippen LogP contribution < -0.4 is 0 Å². The molecule has 4 nitrogen and oxygen atoms in total. The van der Waals surface area contributed by atoms with Gasteiger partial charge < -0.3 is 15.0 Å². The predicted octanol–water partition coefficient (Wildman–Crippen LogP) is 0.858. The van der Waals surface area contributed by atoms with E-state index in [4.69, 9.17) is 0 Å². The van der Waals surface area contributed by atoms with E-state index in [-0.39, 0.29) is 5.91 Å². The molecule has 0 bridgehead atoms. The number of likely N-dealkylation sites (N-methyl/N-ethyl adjacent to an activating group) is 1. The maximum Gasteiger partial charge on any atom is 0.270 e. The van der Waals surface area contributed by atoms with E-state index in [0.717, 1.165) is 0 Å². The summed E-state index contributed by atoms with van der Waals surface area (Å²) in [5, 5.41) is 9.53. The third-order valence-electron chi connectivity index (χ3n) is 1.80. The van der Waals surface area contributed by atoms with Crippen LogP contribution in [0.1, 0.15) is 24.3 Å². The predicted molar refractivity (Wildman–Crippen MR) is 54.1 cm³/mol. The number of amides is 1.